The monoisotopic (exact) mass is 329 g/mol. The number of aromatic nitrogens is 1. The van der Waals surface area contributed by atoms with Crippen molar-refractivity contribution in [1.29, 1.82) is 0 Å². The molecule has 1 heterocycles. The van der Waals surface area contributed by atoms with E-state index in [0.717, 1.165) is 18.5 Å². The van der Waals surface area contributed by atoms with Gasteiger partial charge in [-0.2, -0.15) is 0 Å². The molecule has 1 fully saturated rings. The van der Waals surface area contributed by atoms with Crippen molar-refractivity contribution < 1.29 is 4.79 Å². The summed E-state index contributed by atoms with van der Waals surface area (Å²) >= 11 is 0. The summed E-state index contributed by atoms with van der Waals surface area (Å²) in [6, 6.07) is 21.1. The number of hydrogen-bond acceptors (Lipinski definition) is 3. The summed E-state index contributed by atoms with van der Waals surface area (Å²) in [7, 11) is 0. The molecule has 124 valence electrons. The maximum absolute atomic E-state index is 12.4. The number of para-hydroxylation sites is 2. The number of rotatable bonds is 4. The number of nitrogen functional groups attached to an aromatic ring is 1. The molecule has 0 radical (unpaired) electrons. The Labute approximate surface area is 146 Å². The fourth-order valence-corrected chi connectivity index (χ4v) is 3.21. The molecular weight excluding hydrogens is 310 g/mol. The van der Waals surface area contributed by atoms with Crippen molar-refractivity contribution in [3.63, 3.8) is 0 Å². The van der Waals surface area contributed by atoms with Gasteiger partial charge in [-0.1, -0.05) is 30.3 Å². The van der Waals surface area contributed by atoms with Crippen LogP contribution in [0, 0.1) is 0 Å². The summed E-state index contributed by atoms with van der Waals surface area (Å²) in [5.74, 6) is -0.160. The first kappa shape index (κ1) is 15.4. The minimum absolute atomic E-state index is 0.0140. The van der Waals surface area contributed by atoms with Crippen LogP contribution >= 0.6 is 0 Å². The number of nitrogens with one attached hydrogen (secondary N) is 1. The van der Waals surface area contributed by atoms with Gasteiger partial charge in [-0.3, -0.25) is 9.78 Å². The lowest BCUT2D eigenvalue weighted by atomic mass is 9.91. The van der Waals surface area contributed by atoms with Gasteiger partial charge < -0.3 is 11.1 Å². The summed E-state index contributed by atoms with van der Waals surface area (Å²) < 4.78 is 0. The molecule has 1 aromatic heterocycles. The zero-order valence-corrected chi connectivity index (χ0v) is 13.8. The van der Waals surface area contributed by atoms with Crippen molar-refractivity contribution in [3.8, 4) is 0 Å². The molecule has 4 rings (SSSR count). The Morgan fingerprint density at radius 3 is 2.32 bits per heavy atom. The highest BCUT2D eigenvalue weighted by Gasteiger charge is 2.46. The number of carbonyl (C=O) groups is 1. The van der Waals surface area contributed by atoms with Crippen molar-refractivity contribution in [2.75, 3.05) is 11.1 Å². The molecule has 0 bridgehead atoms. The Morgan fingerprint density at radius 2 is 1.68 bits per heavy atom. The molecule has 3 aromatic rings. The van der Waals surface area contributed by atoms with E-state index in [1.807, 2.05) is 54.7 Å². The zero-order valence-electron chi connectivity index (χ0n) is 13.8. The van der Waals surface area contributed by atoms with Gasteiger partial charge in [0.25, 0.3) is 5.91 Å². The predicted octanol–water partition coefficient (Wildman–Crippen LogP) is 4.00. The average molecular weight is 329 g/mol. The van der Waals surface area contributed by atoms with Gasteiger partial charge >= 0.3 is 0 Å². The number of nitrogens with two attached hydrogens (primary N) is 1. The first-order valence-electron chi connectivity index (χ1n) is 8.37. The van der Waals surface area contributed by atoms with Crippen molar-refractivity contribution in [2.24, 2.45) is 0 Å². The van der Waals surface area contributed by atoms with Crippen LogP contribution in [0.15, 0.2) is 72.9 Å². The van der Waals surface area contributed by atoms with Crippen LogP contribution in [0.25, 0.3) is 0 Å². The smallest absolute Gasteiger partial charge is 0.255 e. The van der Waals surface area contributed by atoms with E-state index in [1.165, 1.54) is 5.56 Å². The highest BCUT2D eigenvalue weighted by molar-refractivity contribution is 6.05. The van der Waals surface area contributed by atoms with Gasteiger partial charge in [0.1, 0.15) is 0 Å². The Morgan fingerprint density at radius 1 is 0.960 bits per heavy atom. The molecule has 1 amide bonds. The van der Waals surface area contributed by atoms with E-state index in [9.17, 15) is 4.79 Å². The van der Waals surface area contributed by atoms with Crippen LogP contribution in [0.3, 0.4) is 0 Å². The van der Waals surface area contributed by atoms with Crippen LogP contribution in [0.5, 0.6) is 0 Å². The summed E-state index contributed by atoms with van der Waals surface area (Å²) in [4.78, 5) is 17.0. The van der Waals surface area contributed by atoms with Crippen LogP contribution in [0.1, 0.15) is 34.5 Å². The lowest BCUT2D eigenvalue weighted by Gasteiger charge is -2.15. The molecule has 4 heteroatoms. The van der Waals surface area contributed by atoms with E-state index in [1.54, 1.807) is 12.1 Å². The van der Waals surface area contributed by atoms with E-state index < -0.39 is 0 Å². The van der Waals surface area contributed by atoms with Gasteiger partial charge in [0.05, 0.1) is 17.1 Å². The van der Waals surface area contributed by atoms with Crippen LogP contribution in [-0.2, 0) is 5.41 Å². The third-order valence-electron chi connectivity index (χ3n) is 4.81. The average Bonchev–Trinajstić information content (AvgIpc) is 3.46. The first-order valence-corrected chi connectivity index (χ1v) is 8.37. The summed E-state index contributed by atoms with van der Waals surface area (Å²) in [5, 5.41) is 2.86. The van der Waals surface area contributed by atoms with Gasteiger partial charge in [0.15, 0.2) is 0 Å². The largest absolute Gasteiger partial charge is 0.397 e. The predicted molar refractivity (Wildman–Crippen MR) is 99.5 cm³/mol. The lowest BCUT2D eigenvalue weighted by molar-refractivity contribution is 0.102. The minimum Gasteiger partial charge on any atom is -0.397 e. The molecule has 0 unspecified atom stereocenters. The number of carbonyl (C=O) groups excluding carboxylic acids is 1. The van der Waals surface area contributed by atoms with Crippen molar-refractivity contribution in [3.05, 3.63) is 89.7 Å². The summed E-state index contributed by atoms with van der Waals surface area (Å²) in [6.45, 7) is 0. The SMILES string of the molecule is Nc1ccccc1NC(=O)c1ccc(C2(c3ccccn3)CC2)cc1. The van der Waals surface area contributed by atoms with Gasteiger partial charge in [-0.15, -0.1) is 0 Å². The standard InChI is InChI=1S/C21H19N3O/c22-17-5-1-2-6-18(17)24-20(25)15-8-10-16(11-9-15)21(12-13-21)19-7-3-4-14-23-19/h1-11,14H,12-13,22H2,(H,24,25). The quantitative estimate of drug-likeness (QED) is 0.711. The van der Waals surface area contributed by atoms with E-state index in [2.05, 4.69) is 16.4 Å². The number of amides is 1. The molecule has 3 N–H and O–H groups in total. The normalized spacial score (nSPS) is 14.7. The molecular formula is C21H19N3O. The highest BCUT2D eigenvalue weighted by atomic mass is 16.1. The molecule has 0 atom stereocenters. The molecule has 1 saturated carbocycles. The van der Waals surface area contributed by atoms with Crippen molar-refractivity contribution in [2.45, 2.75) is 18.3 Å². The Balaban J connectivity index is 1.55. The number of hydrogen-bond donors (Lipinski definition) is 2. The maximum Gasteiger partial charge on any atom is 0.255 e. The van der Waals surface area contributed by atoms with Gasteiger partial charge in [-0.05, 0) is 54.8 Å². The van der Waals surface area contributed by atoms with Gasteiger partial charge in [-0.25, -0.2) is 0 Å². The van der Waals surface area contributed by atoms with Crippen LogP contribution in [0.4, 0.5) is 11.4 Å². The third-order valence-corrected chi connectivity index (χ3v) is 4.81. The first-order chi connectivity index (χ1) is 12.2. The topological polar surface area (TPSA) is 68.0 Å². The van der Waals surface area contributed by atoms with E-state index >= 15 is 0 Å². The van der Waals surface area contributed by atoms with Crippen LogP contribution < -0.4 is 11.1 Å². The van der Waals surface area contributed by atoms with Gasteiger partial charge in [0.2, 0.25) is 0 Å². The second kappa shape index (κ2) is 6.06. The second-order valence-corrected chi connectivity index (χ2v) is 6.42. The summed E-state index contributed by atoms with van der Waals surface area (Å²) in [6.07, 6.45) is 4.02. The van der Waals surface area contributed by atoms with Crippen molar-refractivity contribution in [1.82, 2.24) is 4.98 Å². The number of anilines is 2. The highest BCUT2D eigenvalue weighted by Crippen LogP contribution is 2.52. The molecule has 0 spiro atoms. The fraction of sp³-hybridized carbons (Fsp3) is 0.143. The van der Waals surface area contributed by atoms with Crippen LogP contribution in [0.2, 0.25) is 0 Å². The molecule has 2 aromatic carbocycles. The van der Waals surface area contributed by atoms with E-state index in [-0.39, 0.29) is 11.3 Å². The summed E-state index contributed by atoms with van der Waals surface area (Å²) in [5.41, 5.74) is 10.0. The maximum atomic E-state index is 12.4. The van der Waals surface area contributed by atoms with E-state index in [0.29, 0.717) is 16.9 Å². The third kappa shape index (κ3) is 2.87. The molecule has 1 aliphatic carbocycles. The molecule has 0 saturated heterocycles. The number of nitrogens with zero attached hydrogens (tertiary/aromatic N) is 1. The van der Waals surface area contributed by atoms with E-state index in [4.69, 9.17) is 5.73 Å². The Hall–Kier alpha value is -3.14. The zero-order chi connectivity index (χ0) is 17.3. The second-order valence-electron chi connectivity index (χ2n) is 6.42. The molecule has 0 aliphatic heterocycles. The van der Waals surface area contributed by atoms with Crippen LogP contribution in [-0.4, -0.2) is 10.9 Å². The molecule has 1 aliphatic rings. The number of benzene rings is 2. The van der Waals surface area contributed by atoms with Crippen molar-refractivity contribution >= 4 is 17.3 Å². The number of pyridine rings is 1. The molecule has 4 nitrogen and oxygen atoms in total. The minimum atomic E-state index is -0.160. The molecule has 25 heavy (non-hydrogen) atoms. The lowest BCUT2D eigenvalue weighted by Crippen LogP contribution is -2.14. The Kier molecular flexibility index (Phi) is 3.73. The Bertz CT molecular complexity index is 900. The van der Waals surface area contributed by atoms with Gasteiger partial charge in [0, 0.05) is 17.2 Å². The fourth-order valence-electron chi connectivity index (χ4n) is 3.21.